The van der Waals surface area contributed by atoms with Crippen LogP contribution in [0.4, 0.5) is 11.4 Å². The van der Waals surface area contributed by atoms with E-state index in [0.717, 1.165) is 16.6 Å². The quantitative estimate of drug-likeness (QED) is 0.451. The van der Waals surface area contributed by atoms with Crippen LogP contribution in [-0.4, -0.2) is 21.2 Å². The van der Waals surface area contributed by atoms with Crippen molar-refractivity contribution >= 4 is 28.5 Å². The number of hydrogen-bond donors (Lipinski definition) is 1. The minimum Gasteiger partial charge on any atom is -0.502 e. The monoisotopic (exact) mass is 307 g/mol. The van der Waals surface area contributed by atoms with Crippen molar-refractivity contribution in [3.63, 3.8) is 0 Å². The molecule has 2 aromatic carbocycles. The molecule has 0 aliphatic rings. The van der Waals surface area contributed by atoms with Crippen LogP contribution < -0.4 is 0 Å². The summed E-state index contributed by atoms with van der Waals surface area (Å²) in [6.45, 7) is 1.87. The molecular weight excluding hydrogens is 294 g/mol. The lowest BCUT2D eigenvalue weighted by Crippen LogP contribution is -1.91. The molecule has 0 fully saturated rings. The molecule has 0 aliphatic carbocycles. The van der Waals surface area contributed by atoms with Crippen molar-refractivity contribution in [2.75, 3.05) is 0 Å². The zero-order valence-corrected chi connectivity index (χ0v) is 12.3. The summed E-state index contributed by atoms with van der Waals surface area (Å²) in [6, 6.07) is 13.7. The van der Waals surface area contributed by atoms with Crippen LogP contribution in [-0.2, 0) is 0 Å². The van der Waals surface area contributed by atoms with E-state index in [1.165, 1.54) is 18.3 Å². The molecule has 3 rings (SSSR count). The highest BCUT2D eigenvalue weighted by molar-refractivity contribution is 5.94. The third-order valence-electron chi connectivity index (χ3n) is 3.41. The number of nitro benzene ring substituents is 1. The third-order valence-corrected chi connectivity index (χ3v) is 3.41. The van der Waals surface area contributed by atoms with E-state index in [4.69, 9.17) is 0 Å². The maximum Gasteiger partial charge on any atom is 0.311 e. The second-order valence-corrected chi connectivity index (χ2v) is 5.03. The number of nitrogens with zero attached hydrogens (tertiary/aromatic N) is 3. The van der Waals surface area contributed by atoms with E-state index in [2.05, 4.69) is 9.98 Å². The first-order chi connectivity index (χ1) is 11.1. The first kappa shape index (κ1) is 14.6. The fourth-order valence-electron chi connectivity index (χ4n) is 2.33. The van der Waals surface area contributed by atoms with E-state index in [-0.39, 0.29) is 11.3 Å². The Labute approximate surface area is 131 Å². The normalized spacial score (nSPS) is 11.2. The van der Waals surface area contributed by atoms with Gasteiger partial charge in [0.1, 0.15) is 0 Å². The van der Waals surface area contributed by atoms with E-state index in [9.17, 15) is 15.2 Å². The molecule has 6 nitrogen and oxygen atoms in total. The van der Waals surface area contributed by atoms with Gasteiger partial charge in [-0.1, -0.05) is 24.3 Å². The SMILES string of the molecule is Cc1cc(N=Cc2cccc([N+](=O)[O-])c2O)c2ccccc2n1. The van der Waals surface area contributed by atoms with Gasteiger partial charge in [-0.2, -0.15) is 0 Å². The number of phenolic OH excluding ortho intramolecular Hbond substituents is 1. The van der Waals surface area contributed by atoms with Gasteiger partial charge in [0.15, 0.2) is 0 Å². The molecule has 0 spiro atoms. The summed E-state index contributed by atoms with van der Waals surface area (Å²) in [6.07, 6.45) is 1.42. The molecule has 0 atom stereocenters. The van der Waals surface area contributed by atoms with Gasteiger partial charge in [0.2, 0.25) is 5.75 Å². The number of pyridine rings is 1. The predicted molar refractivity (Wildman–Crippen MR) is 88.5 cm³/mol. The fourth-order valence-corrected chi connectivity index (χ4v) is 2.33. The summed E-state index contributed by atoms with van der Waals surface area (Å²) in [7, 11) is 0. The van der Waals surface area contributed by atoms with Crippen LogP contribution in [0, 0.1) is 17.0 Å². The van der Waals surface area contributed by atoms with Crippen LogP contribution in [0.15, 0.2) is 53.5 Å². The number of aromatic hydroxyl groups is 1. The molecule has 114 valence electrons. The lowest BCUT2D eigenvalue weighted by molar-refractivity contribution is -0.385. The van der Waals surface area contributed by atoms with E-state index in [1.54, 1.807) is 6.07 Å². The van der Waals surface area contributed by atoms with Gasteiger partial charge in [-0.05, 0) is 25.1 Å². The van der Waals surface area contributed by atoms with E-state index in [1.807, 2.05) is 37.3 Å². The Balaban J connectivity index is 2.08. The largest absolute Gasteiger partial charge is 0.502 e. The summed E-state index contributed by atoms with van der Waals surface area (Å²) in [5.74, 6) is -0.392. The average Bonchev–Trinajstić information content (AvgIpc) is 2.53. The van der Waals surface area contributed by atoms with Crippen LogP contribution >= 0.6 is 0 Å². The molecule has 0 saturated heterocycles. The predicted octanol–water partition coefficient (Wildman–Crippen LogP) is 3.91. The van der Waals surface area contributed by atoms with Crippen molar-refractivity contribution in [2.45, 2.75) is 6.92 Å². The summed E-state index contributed by atoms with van der Waals surface area (Å²) in [5.41, 5.74) is 2.28. The average molecular weight is 307 g/mol. The van der Waals surface area contributed by atoms with Crippen molar-refractivity contribution in [3.8, 4) is 5.75 Å². The van der Waals surface area contributed by atoms with Gasteiger partial charge in [0.25, 0.3) is 0 Å². The van der Waals surface area contributed by atoms with Gasteiger partial charge in [0, 0.05) is 28.9 Å². The highest BCUT2D eigenvalue weighted by Crippen LogP contribution is 2.30. The Morgan fingerprint density at radius 3 is 2.78 bits per heavy atom. The number of benzene rings is 2. The molecule has 0 amide bonds. The van der Waals surface area contributed by atoms with E-state index < -0.39 is 10.7 Å². The Morgan fingerprint density at radius 1 is 1.22 bits per heavy atom. The Morgan fingerprint density at radius 2 is 2.00 bits per heavy atom. The Kier molecular flexibility index (Phi) is 3.72. The van der Waals surface area contributed by atoms with Crippen molar-refractivity contribution in [2.24, 2.45) is 4.99 Å². The molecule has 23 heavy (non-hydrogen) atoms. The lowest BCUT2D eigenvalue weighted by atomic mass is 10.1. The second-order valence-electron chi connectivity index (χ2n) is 5.03. The van der Waals surface area contributed by atoms with Gasteiger partial charge in [-0.25, -0.2) is 0 Å². The molecule has 0 saturated carbocycles. The van der Waals surface area contributed by atoms with Gasteiger partial charge in [0.05, 0.1) is 16.1 Å². The van der Waals surface area contributed by atoms with E-state index >= 15 is 0 Å². The highest BCUT2D eigenvalue weighted by Gasteiger charge is 2.15. The number of fused-ring (bicyclic) bond motifs is 1. The number of aromatic nitrogens is 1. The van der Waals surface area contributed by atoms with Crippen molar-refractivity contribution in [1.82, 2.24) is 4.98 Å². The van der Waals surface area contributed by atoms with E-state index in [0.29, 0.717) is 5.69 Å². The highest BCUT2D eigenvalue weighted by atomic mass is 16.6. The molecule has 1 aromatic heterocycles. The number of hydrogen-bond acceptors (Lipinski definition) is 5. The summed E-state index contributed by atoms with van der Waals surface area (Å²) >= 11 is 0. The zero-order chi connectivity index (χ0) is 16.4. The topological polar surface area (TPSA) is 88.6 Å². The molecule has 0 radical (unpaired) electrons. The molecule has 1 heterocycles. The maximum absolute atomic E-state index is 10.9. The first-order valence-electron chi connectivity index (χ1n) is 6.93. The Hall–Kier alpha value is -3.28. The van der Waals surface area contributed by atoms with Gasteiger partial charge in [-0.3, -0.25) is 20.1 Å². The lowest BCUT2D eigenvalue weighted by Gasteiger charge is -2.04. The summed E-state index contributed by atoms with van der Waals surface area (Å²) < 4.78 is 0. The number of aliphatic imine (C=N–C) groups is 1. The molecular formula is C17H13N3O3. The Bertz CT molecular complexity index is 936. The zero-order valence-electron chi connectivity index (χ0n) is 12.3. The van der Waals surface area contributed by atoms with Crippen LogP contribution in [0.25, 0.3) is 10.9 Å². The molecule has 1 N–H and O–H groups in total. The number of para-hydroxylation sites is 2. The smallest absolute Gasteiger partial charge is 0.311 e. The van der Waals surface area contributed by atoms with Crippen molar-refractivity contribution < 1.29 is 10.0 Å². The molecule has 0 aliphatic heterocycles. The molecule has 0 bridgehead atoms. The molecule has 6 heteroatoms. The van der Waals surface area contributed by atoms with Crippen LogP contribution in [0.3, 0.4) is 0 Å². The molecule has 3 aromatic rings. The van der Waals surface area contributed by atoms with Gasteiger partial charge in [-0.15, -0.1) is 0 Å². The van der Waals surface area contributed by atoms with Crippen LogP contribution in [0.1, 0.15) is 11.3 Å². The minimum atomic E-state index is -0.626. The number of nitro groups is 1. The fraction of sp³-hybridized carbons (Fsp3) is 0.0588. The molecule has 0 unspecified atom stereocenters. The minimum absolute atomic E-state index is 0.290. The van der Waals surface area contributed by atoms with Gasteiger partial charge >= 0.3 is 5.69 Å². The van der Waals surface area contributed by atoms with Crippen molar-refractivity contribution in [1.29, 1.82) is 0 Å². The summed E-state index contributed by atoms with van der Waals surface area (Å²) in [5, 5.41) is 21.7. The standard InChI is InChI=1S/C17H13N3O3/c1-11-9-15(13-6-2-3-7-14(13)19-11)18-10-12-5-4-8-16(17(12)21)20(22)23/h2-10,21H,1H3. The number of phenols is 1. The maximum atomic E-state index is 10.9. The van der Waals surface area contributed by atoms with Crippen LogP contribution in [0.5, 0.6) is 5.75 Å². The number of aryl methyl sites for hydroxylation is 1. The van der Waals surface area contributed by atoms with Gasteiger partial charge < -0.3 is 5.11 Å². The first-order valence-corrected chi connectivity index (χ1v) is 6.93. The second kappa shape index (κ2) is 5.84. The third kappa shape index (κ3) is 2.87. The van der Waals surface area contributed by atoms with Crippen molar-refractivity contribution in [3.05, 3.63) is 69.9 Å². The number of rotatable bonds is 3. The van der Waals surface area contributed by atoms with Crippen LogP contribution in [0.2, 0.25) is 0 Å². The summed E-state index contributed by atoms with van der Waals surface area (Å²) in [4.78, 5) is 19.0.